The molecule has 0 aromatic carbocycles. The number of nitrogens with one attached hydrogen (secondary N) is 1. The van der Waals surface area contributed by atoms with Crippen LogP contribution in [0.25, 0.3) is 0 Å². The Balaban J connectivity index is 0.00000121. The van der Waals surface area contributed by atoms with E-state index in [1.54, 1.807) is 0 Å². The van der Waals surface area contributed by atoms with Gasteiger partial charge >= 0.3 is 37.7 Å². The molecule has 0 spiro atoms. The van der Waals surface area contributed by atoms with Gasteiger partial charge in [0.15, 0.2) is 5.88 Å². The molecule has 0 radical (unpaired) electrons. The molecule has 3 unspecified atom stereocenters. The summed E-state index contributed by atoms with van der Waals surface area (Å²) in [5.41, 5.74) is 0. The summed E-state index contributed by atoms with van der Waals surface area (Å²) in [5, 5.41) is 21.2. The van der Waals surface area contributed by atoms with Crippen LogP contribution in [-0.4, -0.2) is 60.1 Å². The number of hydrogen-bond acceptors (Lipinski definition) is 3. The monoisotopic (exact) mass is 199 g/mol. The summed E-state index contributed by atoms with van der Waals surface area (Å²) < 4.78 is 0. The van der Waals surface area contributed by atoms with Gasteiger partial charge in [-0.3, -0.25) is 0 Å². The van der Waals surface area contributed by atoms with E-state index in [1.807, 2.05) is 6.92 Å². The predicted octanol–water partition coefficient (Wildman–Crippen LogP) is -0.152. The Morgan fingerprint density at radius 2 is 2.25 bits per heavy atom. The zero-order chi connectivity index (χ0) is 8.43. The van der Waals surface area contributed by atoms with Gasteiger partial charge in [0.25, 0.3) is 0 Å². The summed E-state index contributed by atoms with van der Waals surface area (Å²) in [5.74, 6) is 0.480. The van der Waals surface area contributed by atoms with Crippen LogP contribution >= 0.6 is 0 Å². The Bertz CT molecular complexity index is 172. The predicted molar refractivity (Wildman–Crippen MR) is 51.6 cm³/mol. The number of rotatable bonds is 2. The van der Waals surface area contributed by atoms with Crippen molar-refractivity contribution in [2.45, 2.75) is 32.4 Å². The summed E-state index contributed by atoms with van der Waals surface area (Å²) >= 11 is 0. The van der Waals surface area contributed by atoms with Gasteiger partial charge < -0.3 is 15.5 Å². The van der Waals surface area contributed by atoms with Crippen molar-refractivity contribution in [3.05, 3.63) is 12.0 Å². The van der Waals surface area contributed by atoms with Gasteiger partial charge in [0.2, 0.25) is 0 Å². The van der Waals surface area contributed by atoms with Crippen LogP contribution in [0, 0.1) is 5.92 Å². The molecular formula is C8H17CaNO2. The van der Waals surface area contributed by atoms with E-state index in [0.717, 1.165) is 6.42 Å². The fraction of sp³-hybridized carbons (Fsp3) is 0.750. The summed E-state index contributed by atoms with van der Waals surface area (Å²) in [7, 11) is 0. The average Bonchev–Trinajstić information content (AvgIpc) is 2.28. The molecule has 0 bridgehead atoms. The second-order valence-corrected chi connectivity index (χ2v) is 3.10. The van der Waals surface area contributed by atoms with E-state index in [1.165, 1.54) is 6.08 Å². The first-order valence-electron chi connectivity index (χ1n) is 4.00. The van der Waals surface area contributed by atoms with Gasteiger partial charge in [-0.05, 0) is 5.92 Å². The summed E-state index contributed by atoms with van der Waals surface area (Å²) in [6.45, 7) is 4.11. The van der Waals surface area contributed by atoms with Crippen LogP contribution in [0.3, 0.4) is 0 Å². The second-order valence-electron chi connectivity index (χ2n) is 3.10. The van der Waals surface area contributed by atoms with Crippen molar-refractivity contribution in [1.82, 2.24) is 5.32 Å². The Hall–Kier alpha value is 0.560. The van der Waals surface area contributed by atoms with Crippen molar-refractivity contribution in [2.24, 2.45) is 5.92 Å². The number of aliphatic hydroxyl groups is 2. The van der Waals surface area contributed by atoms with Crippen molar-refractivity contribution in [3.63, 3.8) is 0 Å². The molecule has 1 rings (SSSR count). The Kier molecular flexibility index (Phi) is 5.57. The summed E-state index contributed by atoms with van der Waals surface area (Å²) in [6, 6.07) is -0.0139. The first-order chi connectivity index (χ1) is 5.15. The van der Waals surface area contributed by atoms with Gasteiger partial charge in [-0.1, -0.05) is 20.3 Å². The minimum atomic E-state index is -0.537. The Labute approximate surface area is 103 Å². The van der Waals surface area contributed by atoms with Gasteiger partial charge in [-0.2, -0.15) is 0 Å². The molecule has 0 amide bonds. The third-order valence-corrected chi connectivity index (χ3v) is 2.27. The quantitative estimate of drug-likeness (QED) is 0.542. The molecule has 1 aliphatic rings. The first kappa shape index (κ1) is 12.6. The van der Waals surface area contributed by atoms with E-state index in [9.17, 15) is 5.11 Å². The number of aliphatic hydroxyl groups excluding tert-OH is 2. The third kappa shape index (κ3) is 2.80. The first-order valence-corrected chi connectivity index (χ1v) is 4.00. The Morgan fingerprint density at radius 1 is 1.67 bits per heavy atom. The van der Waals surface area contributed by atoms with Crippen LogP contribution in [0.15, 0.2) is 12.0 Å². The van der Waals surface area contributed by atoms with Gasteiger partial charge in [0, 0.05) is 6.08 Å². The molecule has 0 saturated heterocycles. The van der Waals surface area contributed by atoms with Crippen LogP contribution in [0.2, 0.25) is 0 Å². The molecule has 68 valence electrons. The van der Waals surface area contributed by atoms with E-state index in [0.29, 0.717) is 5.92 Å². The zero-order valence-corrected chi connectivity index (χ0v) is 6.91. The van der Waals surface area contributed by atoms with E-state index >= 15 is 0 Å². The molecule has 1 aliphatic heterocycles. The topological polar surface area (TPSA) is 52.5 Å². The minimum absolute atomic E-state index is 0. The van der Waals surface area contributed by atoms with E-state index in [2.05, 4.69) is 12.2 Å². The van der Waals surface area contributed by atoms with E-state index in [-0.39, 0.29) is 49.7 Å². The van der Waals surface area contributed by atoms with E-state index in [4.69, 9.17) is 5.11 Å². The second kappa shape index (κ2) is 5.32. The molecule has 0 aromatic heterocycles. The fourth-order valence-electron chi connectivity index (χ4n) is 1.30. The standard InChI is InChI=1S/C8H15NO2.Ca.2H/c1-3-5(2)8-6(10)4-7(11)9-8;;;/h4-6,8-11H,3H2,1-2H3;;;. The summed E-state index contributed by atoms with van der Waals surface area (Å²) in [4.78, 5) is 0. The molecule has 1 heterocycles. The zero-order valence-electron chi connectivity index (χ0n) is 6.91. The molecule has 12 heavy (non-hydrogen) atoms. The van der Waals surface area contributed by atoms with Crippen molar-refractivity contribution in [1.29, 1.82) is 0 Å². The SMILES string of the molecule is CCC(C)C1NC(O)=CC1O.[CaH2]. The van der Waals surface area contributed by atoms with Gasteiger partial charge in [0.05, 0.1) is 12.1 Å². The summed E-state index contributed by atoms with van der Waals surface area (Å²) in [6.07, 6.45) is 1.90. The maximum absolute atomic E-state index is 9.36. The third-order valence-electron chi connectivity index (χ3n) is 2.27. The molecule has 0 saturated carbocycles. The molecule has 0 fully saturated rings. The molecule has 3 atom stereocenters. The van der Waals surface area contributed by atoms with Crippen LogP contribution < -0.4 is 5.32 Å². The molecule has 4 heteroatoms. The molecule has 0 aliphatic carbocycles. The van der Waals surface area contributed by atoms with Crippen LogP contribution in [0.4, 0.5) is 0 Å². The van der Waals surface area contributed by atoms with Gasteiger partial charge in [-0.15, -0.1) is 0 Å². The van der Waals surface area contributed by atoms with Crippen molar-refractivity contribution in [3.8, 4) is 0 Å². The molecule has 3 nitrogen and oxygen atoms in total. The fourth-order valence-corrected chi connectivity index (χ4v) is 1.30. The molecule has 0 aromatic rings. The van der Waals surface area contributed by atoms with Gasteiger partial charge in [-0.25, -0.2) is 0 Å². The van der Waals surface area contributed by atoms with Gasteiger partial charge in [0.1, 0.15) is 0 Å². The van der Waals surface area contributed by atoms with Crippen LogP contribution in [-0.2, 0) is 0 Å². The number of hydrogen-bond donors (Lipinski definition) is 3. The maximum atomic E-state index is 9.36. The molecule has 3 N–H and O–H groups in total. The van der Waals surface area contributed by atoms with E-state index < -0.39 is 6.10 Å². The van der Waals surface area contributed by atoms with Crippen LogP contribution in [0.5, 0.6) is 0 Å². The van der Waals surface area contributed by atoms with Crippen molar-refractivity contribution in [2.75, 3.05) is 0 Å². The van der Waals surface area contributed by atoms with Crippen LogP contribution in [0.1, 0.15) is 20.3 Å². The van der Waals surface area contributed by atoms with Crippen molar-refractivity contribution < 1.29 is 10.2 Å². The normalized spacial score (nSPS) is 30.1. The van der Waals surface area contributed by atoms with Crippen molar-refractivity contribution >= 4 is 37.7 Å². The Morgan fingerprint density at radius 3 is 2.58 bits per heavy atom. The average molecular weight is 199 g/mol. The molecular weight excluding hydrogens is 182 g/mol.